The molecule has 1 N–H and O–H groups in total. The number of amides is 1. The number of aliphatic hydroxyl groups is 1. The van der Waals surface area contributed by atoms with Crippen LogP contribution in [-0.4, -0.2) is 67.0 Å². The molecule has 2 aromatic heterocycles. The van der Waals surface area contributed by atoms with Gasteiger partial charge in [0.25, 0.3) is 5.91 Å². The molecule has 0 spiro atoms. The van der Waals surface area contributed by atoms with Crippen LogP contribution >= 0.6 is 15.9 Å². The van der Waals surface area contributed by atoms with Crippen molar-refractivity contribution in [2.45, 2.75) is 38.5 Å². The van der Waals surface area contributed by atoms with Crippen LogP contribution in [0.3, 0.4) is 0 Å². The molecule has 1 aromatic carbocycles. The summed E-state index contributed by atoms with van der Waals surface area (Å²) in [5.41, 5.74) is 4.04. The van der Waals surface area contributed by atoms with Gasteiger partial charge >= 0.3 is 0 Å². The van der Waals surface area contributed by atoms with Crippen LogP contribution in [-0.2, 0) is 13.0 Å². The molecule has 0 unspecified atom stereocenters. The second-order valence-electron chi connectivity index (χ2n) is 8.15. The summed E-state index contributed by atoms with van der Waals surface area (Å²) in [6.45, 7) is 4.64. The maximum absolute atomic E-state index is 13.2. The first-order valence-corrected chi connectivity index (χ1v) is 11.1. The number of aromatic nitrogens is 3. The van der Waals surface area contributed by atoms with Crippen molar-refractivity contribution in [1.82, 2.24) is 24.2 Å². The lowest BCUT2D eigenvalue weighted by Crippen LogP contribution is -2.56. The molecule has 8 heteroatoms. The van der Waals surface area contributed by atoms with Crippen molar-refractivity contribution in [3.05, 3.63) is 63.6 Å². The van der Waals surface area contributed by atoms with Crippen LogP contribution in [0.25, 0.3) is 5.78 Å². The Hall–Kier alpha value is -2.29. The number of hydrogen-bond acceptors (Lipinski definition) is 5. The molecular formula is C22H24BrN5O2. The van der Waals surface area contributed by atoms with E-state index < -0.39 is 6.10 Å². The summed E-state index contributed by atoms with van der Waals surface area (Å²) in [7, 11) is 0. The van der Waals surface area contributed by atoms with Gasteiger partial charge in [0.15, 0.2) is 0 Å². The van der Waals surface area contributed by atoms with Crippen LogP contribution in [0, 0.1) is 6.92 Å². The molecule has 0 saturated carbocycles. The van der Waals surface area contributed by atoms with Gasteiger partial charge in [0.05, 0.1) is 22.5 Å². The van der Waals surface area contributed by atoms with E-state index in [4.69, 9.17) is 0 Å². The Morgan fingerprint density at radius 3 is 2.83 bits per heavy atom. The lowest BCUT2D eigenvalue weighted by Gasteiger charge is -2.43. The number of aryl methyl sites for hydroxylation is 1. The number of hydrogen-bond donors (Lipinski definition) is 1. The van der Waals surface area contributed by atoms with Crippen molar-refractivity contribution in [3.8, 4) is 0 Å². The molecule has 0 radical (unpaired) electrons. The van der Waals surface area contributed by atoms with E-state index in [-0.39, 0.29) is 11.9 Å². The Labute approximate surface area is 183 Å². The highest BCUT2D eigenvalue weighted by atomic mass is 79.9. The minimum absolute atomic E-state index is 0.0723. The Kier molecular flexibility index (Phi) is 5.08. The van der Waals surface area contributed by atoms with Crippen LogP contribution in [0.15, 0.2) is 41.1 Å². The smallest absolute Gasteiger partial charge is 0.272 e. The van der Waals surface area contributed by atoms with Gasteiger partial charge < -0.3 is 10.0 Å². The number of imidazole rings is 1. The SMILES string of the molecule is Cc1nc2ncc(C(=O)N3CC[C@H](N4CCc5ccccc5C4)[C@@H](O)C3)n2cc1Br. The Morgan fingerprint density at radius 2 is 2.03 bits per heavy atom. The van der Waals surface area contributed by atoms with Gasteiger partial charge in [-0.1, -0.05) is 24.3 Å². The number of aliphatic hydroxyl groups excluding tert-OH is 1. The molecule has 2 atom stereocenters. The molecule has 0 bridgehead atoms. The van der Waals surface area contributed by atoms with E-state index in [0.717, 1.165) is 36.1 Å². The summed E-state index contributed by atoms with van der Waals surface area (Å²) in [5, 5.41) is 10.9. The number of β-amino-alcohol motifs (C(OH)–C–C–N with tert-alkyl or cyclic N) is 1. The van der Waals surface area contributed by atoms with Crippen molar-refractivity contribution < 1.29 is 9.90 Å². The Bertz CT molecular complexity index is 1110. The maximum atomic E-state index is 13.2. The second-order valence-corrected chi connectivity index (χ2v) is 9.01. The maximum Gasteiger partial charge on any atom is 0.272 e. The molecule has 2 aliphatic rings. The number of halogens is 1. The molecule has 4 heterocycles. The molecule has 156 valence electrons. The molecule has 1 fully saturated rings. The van der Waals surface area contributed by atoms with Gasteiger partial charge in [0.2, 0.25) is 5.78 Å². The third-order valence-corrected chi connectivity index (χ3v) is 7.09. The predicted octanol–water partition coefficient (Wildman–Crippen LogP) is 2.43. The zero-order valence-electron chi connectivity index (χ0n) is 16.8. The number of piperidine rings is 1. The second kappa shape index (κ2) is 7.76. The van der Waals surface area contributed by atoms with Gasteiger partial charge in [-0.2, -0.15) is 0 Å². The third-order valence-electron chi connectivity index (χ3n) is 6.32. The van der Waals surface area contributed by atoms with E-state index in [1.807, 2.05) is 13.1 Å². The van der Waals surface area contributed by atoms with Gasteiger partial charge in [0, 0.05) is 38.4 Å². The van der Waals surface area contributed by atoms with E-state index in [2.05, 4.69) is 55.1 Å². The fraction of sp³-hybridized carbons (Fsp3) is 0.409. The first-order valence-electron chi connectivity index (χ1n) is 10.3. The zero-order valence-corrected chi connectivity index (χ0v) is 18.4. The first-order chi connectivity index (χ1) is 14.5. The van der Waals surface area contributed by atoms with Crippen LogP contribution in [0.5, 0.6) is 0 Å². The average molecular weight is 470 g/mol. The first kappa shape index (κ1) is 19.7. The topological polar surface area (TPSA) is 74.0 Å². The molecule has 5 rings (SSSR count). The summed E-state index contributed by atoms with van der Waals surface area (Å²) in [5.74, 6) is 0.378. The molecule has 7 nitrogen and oxygen atoms in total. The van der Waals surface area contributed by atoms with Crippen LogP contribution in [0.4, 0.5) is 0 Å². The van der Waals surface area contributed by atoms with E-state index in [0.29, 0.717) is 24.6 Å². The number of benzene rings is 1. The molecule has 2 aliphatic heterocycles. The van der Waals surface area contributed by atoms with Crippen molar-refractivity contribution in [2.75, 3.05) is 19.6 Å². The lowest BCUT2D eigenvalue weighted by atomic mass is 9.94. The molecular weight excluding hydrogens is 446 g/mol. The lowest BCUT2D eigenvalue weighted by molar-refractivity contribution is -0.0139. The summed E-state index contributed by atoms with van der Waals surface area (Å²) >= 11 is 3.47. The molecule has 30 heavy (non-hydrogen) atoms. The van der Waals surface area contributed by atoms with Gasteiger partial charge in [-0.3, -0.25) is 14.1 Å². The number of fused-ring (bicyclic) bond motifs is 2. The van der Waals surface area contributed by atoms with Crippen molar-refractivity contribution in [1.29, 1.82) is 0 Å². The monoisotopic (exact) mass is 469 g/mol. The fourth-order valence-corrected chi connectivity index (χ4v) is 4.92. The number of carbonyl (C=O) groups excluding carboxylic acids is 1. The Balaban J connectivity index is 1.30. The van der Waals surface area contributed by atoms with Crippen LogP contribution in [0.1, 0.15) is 33.7 Å². The molecule has 0 aliphatic carbocycles. The highest BCUT2D eigenvalue weighted by Crippen LogP contribution is 2.26. The van der Waals surface area contributed by atoms with Gasteiger partial charge in [-0.25, -0.2) is 9.97 Å². The van der Waals surface area contributed by atoms with Crippen molar-refractivity contribution >= 4 is 27.6 Å². The van der Waals surface area contributed by atoms with Gasteiger partial charge in [0.1, 0.15) is 5.69 Å². The number of rotatable bonds is 2. The van der Waals surface area contributed by atoms with Crippen molar-refractivity contribution in [2.24, 2.45) is 0 Å². The predicted molar refractivity (Wildman–Crippen MR) is 116 cm³/mol. The number of nitrogens with zero attached hydrogens (tertiary/aromatic N) is 5. The van der Waals surface area contributed by atoms with Gasteiger partial charge in [-0.05, 0) is 46.8 Å². The quantitative estimate of drug-likeness (QED) is 0.623. The largest absolute Gasteiger partial charge is 0.390 e. The molecule has 3 aromatic rings. The normalized spacial score (nSPS) is 22.3. The summed E-state index contributed by atoms with van der Waals surface area (Å²) in [6.07, 6.45) is 4.58. The van der Waals surface area contributed by atoms with E-state index >= 15 is 0 Å². The number of likely N-dealkylation sites (tertiary alicyclic amines) is 1. The van der Waals surface area contributed by atoms with Crippen LogP contribution < -0.4 is 0 Å². The molecule has 1 saturated heterocycles. The van der Waals surface area contributed by atoms with E-state index in [1.165, 1.54) is 11.1 Å². The van der Waals surface area contributed by atoms with Crippen molar-refractivity contribution in [3.63, 3.8) is 0 Å². The van der Waals surface area contributed by atoms with Crippen LogP contribution in [0.2, 0.25) is 0 Å². The summed E-state index contributed by atoms with van der Waals surface area (Å²) < 4.78 is 2.53. The summed E-state index contributed by atoms with van der Waals surface area (Å²) in [4.78, 5) is 25.9. The van der Waals surface area contributed by atoms with E-state index in [1.54, 1.807) is 15.5 Å². The third kappa shape index (κ3) is 3.42. The van der Waals surface area contributed by atoms with Gasteiger partial charge in [-0.15, -0.1) is 0 Å². The minimum Gasteiger partial charge on any atom is -0.390 e. The Morgan fingerprint density at radius 1 is 1.23 bits per heavy atom. The average Bonchev–Trinajstić information content (AvgIpc) is 3.15. The highest BCUT2D eigenvalue weighted by Gasteiger charge is 2.36. The molecule has 1 amide bonds. The zero-order chi connectivity index (χ0) is 20.8. The van der Waals surface area contributed by atoms with E-state index in [9.17, 15) is 9.90 Å². The summed E-state index contributed by atoms with van der Waals surface area (Å²) in [6, 6.07) is 8.59. The fourth-order valence-electron chi connectivity index (χ4n) is 4.62. The highest BCUT2D eigenvalue weighted by molar-refractivity contribution is 9.10. The number of carbonyl (C=O) groups is 1. The standard InChI is InChI=1S/C22H24BrN5O2/c1-14-17(23)12-28-19(10-24-22(28)25-14)21(30)27-9-7-18(20(29)13-27)26-8-6-15-4-2-3-5-16(15)11-26/h2-5,10,12,18,20,29H,6-9,11,13H2,1H3/t18-,20-/m0/s1. The minimum atomic E-state index is -0.570.